The van der Waals surface area contributed by atoms with Crippen molar-refractivity contribution in [1.29, 1.82) is 0 Å². The van der Waals surface area contributed by atoms with Crippen molar-refractivity contribution >= 4 is 37.0 Å². The Bertz CT molecular complexity index is 1730. The summed E-state index contributed by atoms with van der Waals surface area (Å²) in [6.45, 7) is 9.90. The molecule has 212 valence electrons. The molecule has 0 N–H and O–H groups in total. The topological polar surface area (TPSA) is 113 Å². The summed E-state index contributed by atoms with van der Waals surface area (Å²) in [7, 11) is -1.18. The van der Waals surface area contributed by atoms with E-state index in [0.717, 1.165) is 16.7 Å². The highest BCUT2D eigenvalue weighted by Crippen LogP contribution is 2.35. The zero-order valence-corrected chi connectivity index (χ0v) is 24.9. The van der Waals surface area contributed by atoms with Crippen molar-refractivity contribution in [3.05, 3.63) is 64.9 Å². The first-order valence-electron chi connectivity index (χ1n) is 13.2. The van der Waals surface area contributed by atoms with E-state index in [4.69, 9.17) is 14.5 Å². The van der Waals surface area contributed by atoms with E-state index in [2.05, 4.69) is 39.8 Å². The van der Waals surface area contributed by atoms with Gasteiger partial charge in [0.25, 0.3) is 0 Å². The molecule has 41 heavy (non-hydrogen) atoms. The Labute approximate surface area is 240 Å². The SMILES string of the molecule is Cc1csc(C2COC(=O)N2c2ccn3ncc(-c4ccc(-c5ncn(COCC[Si](C)(C)C)n5)c(F)c4)c3n2)n1. The number of amides is 1. The molecule has 1 saturated heterocycles. The van der Waals surface area contributed by atoms with Crippen LogP contribution >= 0.6 is 11.3 Å². The molecule has 6 rings (SSSR count). The number of fused-ring (bicyclic) bond motifs is 1. The molecule has 14 heteroatoms. The molecule has 1 atom stereocenters. The second-order valence-electron chi connectivity index (χ2n) is 11.1. The van der Waals surface area contributed by atoms with E-state index in [9.17, 15) is 4.79 Å². The lowest BCUT2D eigenvalue weighted by atomic mass is 10.1. The van der Waals surface area contributed by atoms with Crippen molar-refractivity contribution in [2.75, 3.05) is 18.1 Å². The maximum atomic E-state index is 15.4. The van der Waals surface area contributed by atoms with Crippen molar-refractivity contribution in [1.82, 2.24) is 34.3 Å². The number of aryl methyl sites for hydroxylation is 1. The summed E-state index contributed by atoms with van der Waals surface area (Å²) < 4.78 is 29.6. The van der Waals surface area contributed by atoms with E-state index >= 15 is 4.39 Å². The van der Waals surface area contributed by atoms with Crippen LogP contribution in [0.2, 0.25) is 25.7 Å². The van der Waals surface area contributed by atoms with Gasteiger partial charge in [-0.05, 0) is 36.7 Å². The van der Waals surface area contributed by atoms with Crippen LogP contribution in [0.25, 0.3) is 28.2 Å². The van der Waals surface area contributed by atoms with E-state index in [1.807, 2.05) is 12.3 Å². The first-order valence-corrected chi connectivity index (χ1v) is 17.7. The number of carbonyl (C=O) groups is 1. The van der Waals surface area contributed by atoms with E-state index in [-0.39, 0.29) is 30.8 Å². The molecule has 5 aromatic rings. The number of nitrogens with zero attached hydrogens (tertiary/aromatic N) is 8. The number of carbonyl (C=O) groups excluding carboxylic acids is 1. The largest absolute Gasteiger partial charge is 0.446 e. The molecule has 1 fully saturated rings. The Hall–Kier alpha value is -4.01. The minimum absolute atomic E-state index is 0.186. The summed E-state index contributed by atoms with van der Waals surface area (Å²) in [4.78, 5) is 27.7. The van der Waals surface area contributed by atoms with E-state index in [1.165, 1.54) is 28.6 Å². The van der Waals surface area contributed by atoms with Gasteiger partial charge in [-0.25, -0.2) is 38.2 Å². The number of thiazole rings is 1. The third kappa shape index (κ3) is 5.62. The average Bonchev–Trinajstić information content (AvgIpc) is 3.72. The molecule has 5 heterocycles. The first-order chi connectivity index (χ1) is 19.7. The molecule has 1 unspecified atom stereocenters. The molecule has 0 bridgehead atoms. The normalized spacial score (nSPS) is 15.7. The van der Waals surface area contributed by atoms with Crippen LogP contribution in [0.3, 0.4) is 0 Å². The van der Waals surface area contributed by atoms with E-state index < -0.39 is 20.0 Å². The summed E-state index contributed by atoms with van der Waals surface area (Å²) in [6, 6.07) is 7.21. The first kappa shape index (κ1) is 27.2. The second-order valence-corrected chi connectivity index (χ2v) is 17.6. The third-order valence-electron chi connectivity index (χ3n) is 6.67. The average molecular weight is 593 g/mol. The summed E-state index contributed by atoms with van der Waals surface area (Å²) in [5, 5.41) is 11.5. The van der Waals surface area contributed by atoms with Gasteiger partial charge in [-0.2, -0.15) is 5.10 Å². The van der Waals surface area contributed by atoms with E-state index in [0.29, 0.717) is 29.2 Å². The highest BCUT2D eigenvalue weighted by Gasteiger charge is 2.38. The maximum absolute atomic E-state index is 15.4. The molecule has 4 aromatic heterocycles. The van der Waals surface area contributed by atoms with Gasteiger partial charge in [0, 0.05) is 37.5 Å². The predicted octanol–water partition coefficient (Wildman–Crippen LogP) is 5.57. The molecular weight excluding hydrogens is 564 g/mol. The van der Waals surface area contributed by atoms with Gasteiger partial charge in [-0.1, -0.05) is 25.7 Å². The number of halogens is 1. The Morgan fingerprint density at radius 3 is 2.80 bits per heavy atom. The fourth-order valence-corrected chi connectivity index (χ4v) is 6.09. The standard InChI is InChI=1S/C27H29FN8O3SSi/c1-17-14-40-26(31-17)22-13-39-27(37)36(22)23-7-8-35-25(32-23)20(12-30-35)18-5-6-19(21(28)11-18)24-29-15-34(33-24)16-38-9-10-41(2,3)4/h5-8,11-12,14-15,22H,9-10,13,16H2,1-4H3. The number of benzene rings is 1. The van der Waals surface area contributed by atoms with Crippen LogP contribution in [0.1, 0.15) is 16.7 Å². The van der Waals surface area contributed by atoms with Gasteiger partial charge in [0.1, 0.15) is 42.3 Å². The summed E-state index contributed by atoms with van der Waals surface area (Å²) in [5.41, 5.74) is 2.82. The number of aromatic nitrogens is 7. The molecule has 1 aliphatic heterocycles. The van der Waals surface area contributed by atoms with Crippen LogP contribution in [0, 0.1) is 12.7 Å². The number of anilines is 1. The van der Waals surface area contributed by atoms with Crippen LogP contribution < -0.4 is 4.90 Å². The van der Waals surface area contributed by atoms with Gasteiger partial charge in [-0.3, -0.25) is 0 Å². The second kappa shape index (κ2) is 10.8. The Morgan fingerprint density at radius 2 is 2.05 bits per heavy atom. The monoisotopic (exact) mass is 592 g/mol. The lowest BCUT2D eigenvalue weighted by Crippen LogP contribution is -2.28. The summed E-state index contributed by atoms with van der Waals surface area (Å²) >= 11 is 1.47. The number of hydrogen-bond acceptors (Lipinski definition) is 9. The van der Waals surface area contributed by atoms with Gasteiger partial charge in [0.05, 0.1) is 11.8 Å². The molecule has 0 aliphatic carbocycles. The molecule has 0 saturated carbocycles. The van der Waals surface area contributed by atoms with Crippen molar-refractivity contribution in [3.63, 3.8) is 0 Å². The van der Waals surface area contributed by atoms with Crippen LogP contribution in [0.15, 0.2) is 48.4 Å². The molecule has 11 nitrogen and oxygen atoms in total. The molecule has 1 aromatic carbocycles. The van der Waals surface area contributed by atoms with Crippen LogP contribution in [-0.2, 0) is 16.2 Å². The fraction of sp³-hybridized carbons (Fsp3) is 0.333. The minimum atomic E-state index is -1.18. The quantitative estimate of drug-likeness (QED) is 0.161. The predicted molar refractivity (Wildman–Crippen MR) is 155 cm³/mol. The van der Waals surface area contributed by atoms with Gasteiger partial charge < -0.3 is 9.47 Å². The van der Waals surface area contributed by atoms with Crippen molar-refractivity contribution in [2.45, 2.75) is 45.4 Å². The Morgan fingerprint density at radius 1 is 1.20 bits per heavy atom. The molecule has 1 amide bonds. The van der Waals surface area contributed by atoms with Crippen molar-refractivity contribution in [3.8, 4) is 22.5 Å². The number of rotatable bonds is 9. The zero-order valence-electron chi connectivity index (χ0n) is 23.1. The Kier molecular flexibility index (Phi) is 7.13. The van der Waals surface area contributed by atoms with Crippen molar-refractivity contribution < 1.29 is 18.7 Å². The number of hydrogen-bond donors (Lipinski definition) is 0. The fourth-order valence-electron chi connectivity index (χ4n) is 4.46. The molecule has 0 spiro atoms. The summed E-state index contributed by atoms with van der Waals surface area (Å²) in [6.07, 6.45) is 4.38. The lowest BCUT2D eigenvalue weighted by Gasteiger charge is -2.18. The number of ether oxygens (including phenoxy) is 2. The number of cyclic esters (lactones) is 1. The Balaban J connectivity index is 1.24. The minimum Gasteiger partial charge on any atom is -0.446 e. The summed E-state index contributed by atoms with van der Waals surface area (Å²) in [5.74, 6) is 0.204. The van der Waals surface area contributed by atoms with Crippen LogP contribution in [-0.4, -0.2) is 61.7 Å². The van der Waals surface area contributed by atoms with Crippen molar-refractivity contribution in [2.24, 2.45) is 0 Å². The zero-order chi connectivity index (χ0) is 28.7. The molecule has 1 aliphatic rings. The maximum Gasteiger partial charge on any atom is 0.416 e. The van der Waals surface area contributed by atoms with Gasteiger partial charge in [0.15, 0.2) is 11.5 Å². The van der Waals surface area contributed by atoms with E-state index in [1.54, 1.807) is 39.8 Å². The van der Waals surface area contributed by atoms with Gasteiger partial charge in [-0.15, -0.1) is 16.4 Å². The van der Waals surface area contributed by atoms with Gasteiger partial charge in [0.2, 0.25) is 0 Å². The van der Waals surface area contributed by atoms with Gasteiger partial charge >= 0.3 is 6.09 Å². The van der Waals surface area contributed by atoms with Crippen LogP contribution in [0.4, 0.5) is 15.0 Å². The highest BCUT2D eigenvalue weighted by atomic mass is 32.1. The molecular formula is C27H29FN8O3SSi. The lowest BCUT2D eigenvalue weighted by molar-refractivity contribution is 0.0784. The smallest absolute Gasteiger partial charge is 0.416 e. The molecule has 0 radical (unpaired) electrons. The van der Waals surface area contributed by atoms with Crippen LogP contribution in [0.5, 0.6) is 0 Å². The highest BCUT2D eigenvalue weighted by molar-refractivity contribution is 7.09. The third-order valence-corrected chi connectivity index (χ3v) is 9.44.